The minimum Gasteiger partial charge on any atom is -0.395 e. The Hall–Kier alpha value is -2.70. The van der Waals surface area contributed by atoms with Gasteiger partial charge in [-0.15, -0.1) is 0 Å². The van der Waals surface area contributed by atoms with Crippen molar-refractivity contribution in [1.29, 1.82) is 0 Å². The second-order valence-corrected chi connectivity index (χ2v) is 6.42. The number of para-hydroxylation sites is 2. The van der Waals surface area contributed by atoms with Gasteiger partial charge in [0.1, 0.15) is 0 Å². The van der Waals surface area contributed by atoms with Crippen LogP contribution in [0.15, 0.2) is 60.7 Å². The van der Waals surface area contributed by atoms with Gasteiger partial charge in [0.25, 0.3) is 0 Å². The van der Waals surface area contributed by atoms with Gasteiger partial charge in [-0.1, -0.05) is 36.4 Å². The number of hydrogen-bond acceptors (Lipinski definition) is 4. The van der Waals surface area contributed by atoms with Crippen molar-refractivity contribution in [2.45, 2.75) is 25.7 Å². The summed E-state index contributed by atoms with van der Waals surface area (Å²) in [6, 6.07) is 18.5. The molecule has 0 spiro atoms. The normalized spacial score (nSPS) is 10.5. The SMILES string of the molecule is O=C(CCCCC(=O)N(CCO)c1ccccc1)N(CCO)c1ccccc1. The number of benzene rings is 2. The van der Waals surface area contributed by atoms with Gasteiger partial charge in [-0.3, -0.25) is 9.59 Å². The molecular weight excluding hydrogens is 356 g/mol. The molecule has 0 saturated heterocycles. The van der Waals surface area contributed by atoms with E-state index in [-0.39, 0.29) is 38.1 Å². The Labute approximate surface area is 166 Å². The van der Waals surface area contributed by atoms with Gasteiger partial charge < -0.3 is 20.0 Å². The number of rotatable bonds is 11. The number of aliphatic hydroxyl groups is 2. The lowest BCUT2D eigenvalue weighted by atomic mass is 10.1. The van der Waals surface area contributed by atoms with Crippen LogP contribution in [0.3, 0.4) is 0 Å². The van der Waals surface area contributed by atoms with Crippen LogP contribution in [-0.2, 0) is 9.59 Å². The maximum Gasteiger partial charge on any atom is 0.227 e. The van der Waals surface area contributed by atoms with Gasteiger partial charge in [-0.25, -0.2) is 0 Å². The third-order valence-electron chi connectivity index (χ3n) is 4.42. The van der Waals surface area contributed by atoms with Crippen LogP contribution in [0.5, 0.6) is 0 Å². The third-order valence-corrected chi connectivity index (χ3v) is 4.42. The van der Waals surface area contributed by atoms with Crippen molar-refractivity contribution >= 4 is 23.2 Å². The fourth-order valence-corrected chi connectivity index (χ4v) is 3.03. The zero-order valence-electron chi connectivity index (χ0n) is 16.0. The molecule has 0 aliphatic heterocycles. The molecule has 2 amide bonds. The predicted molar refractivity (Wildman–Crippen MR) is 110 cm³/mol. The highest BCUT2D eigenvalue weighted by atomic mass is 16.3. The van der Waals surface area contributed by atoms with Gasteiger partial charge in [0.05, 0.1) is 13.2 Å². The highest BCUT2D eigenvalue weighted by Crippen LogP contribution is 2.17. The molecule has 2 N–H and O–H groups in total. The first-order valence-electron chi connectivity index (χ1n) is 9.60. The first-order chi connectivity index (χ1) is 13.7. The summed E-state index contributed by atoms with van der Waals surface area (Å²) in [7, 11) is 0. The molecule has 0 fully saturated rings. The van der Waals surface area contributed by atoms with E-state index < -0.39 is 0 Å². The van der Waals surface area contributed by atoms with Crippen molar-refractivity contribution in [2.75, 3.05) is 36.1 Å². The Bertz CT molecular complexity index is 658. The molecule has 28 heavy (non-hydrogen) atoms. The molecule has 6 nitrogen and oxygen atoms in total. The number of anilines is 2. The molecule has 0 bridgehead atoms. The van der Waals surface area contributed by atoms with E-state index in [1.807, 2.05) is 60.7 Å². The molecule has 6 heteroatoms. The summed E-state index contributed by atoms with van der Waals surface area (Å²) in [6.07, 6.45) is 1.79. The lowest BCUT2D eigenvalue weighted by Gasteiger charge is -2.23. The number of aliphatic hydroxyl groups excluding tert-OH is 2. The van der Waals surface area contributed by atoms with Crippen LogP contribution >= 0.6 is 0 Å². The zero-order valence-corrected chi connectivity index (χ0v) is 16.0. The van der Waals surface area contributed by atoms with Crippen molar-refractivity contribution < 1.29 is 19.8 Å². The number of unbranched alkanes of at least 4 members (excludes halogenated alkanes) is 1. The quantitative estimate of drug-likeness (QED) is 0.584. The molecule has 0 aliphatic carbocycles. The van der Waals surface area contributed by atoms with E-state index in [0.29, 0.717) is 25.7 Å². The van der Waals surface area contributed by atoms with E-state index in [1.165, 1.54) is 0 Å². The van der Waals surface area contributed by atoms with Crippen molar-refractivity contribution in [3.8, 4) is 0 Å². The summed E-state index contributed by atoms with van der Waals surface area (Å²) in [4.78, 5) is 28.2. The highest BCUT2D eigenvalue weighted by Gasteiger charge is 2.17. The fraction of sp³-hybridized carbons (Fsp3) is 0.364. The van der Waals surface area contributed by atoms with Crippen molar-refractivity contribution in [1.82, 2.24) is 0 Å². The van der Waals surface area contributed by atoms with Gasteiger partial charge >= 0.3 is 0 Å². The Morgan fingerprint density at radius 1 is 0.643 bits per heavy atom. The second-order valence-electron chi connectivity index (χ2n) is 6.42. The van der Waals surface area contributed by atoms with E-state index in [2.05, 4.69) is 0 Å². The zero-order chi connectivity index (χ0) is 20.2. The lowest BCUT2D eigenvalue weighted by Crippen LogP contribution is -2.34. The summed E-state index contributed by atoms with van der Waals surface area (Å²) in [5.74, 6) is -0.133. The first kappa shape index (κ1) is 21.6. The van der Waals surface area contributed by atoms with E-state index in [9.17, 15) is 19.8 Å². The molecule has 150 valence electrons. The van der Waals surface area contributed by atoms with Gasteiger partial charge in [-0.2, -0.15) is 0 Å². The smallest absolute Gasteiger partial charge is 0.227 e. The fourth-order valence-electron chi connectivity index (χ4n) is 3.03. The van der Waals surface area contributed by atoms with E-state index in [4.69, 9.17) is 0 Å². The average molecular weight is 384 g/mol. The standard InChI is InChI=1S/C22H28N2O4/c25-17-15-23(19-9-3-1-4-10-19)21(27)13-7-8-14-22(28)24(16-18-26)20-11-5-2-6-12-20/h1-6,9-12,25-26H,7-8,13-18H2. The first-order valence-corrected chi connectivity index (χ1v) is 9.60. The van der Waals surface area contributed by atoms with E-state index in [1.54, 1.807) is 9.80 Å². The number of hydrogen-bond donors (Lipinski definition) is 2. The number of amides is 2. The molecular formula is C22H28N2O4. The van der Waals surface area contributed by atoms with Crippen LogP contribution in [0.25, 0.3) is 0 Å². The minimum atomic E-state index is -0.105. The lowest BCUT2D eigenvalue weighted by molar-refractivity contribution is -0.120. The third kappa shape index (κ3) is 6.48. The monoisotopic (exact) mass is 384 g/mol. The van der Waals surface area contributed by atoms with Crippen LogP contribution < -0.4 is 9.80 Å². The molecule has 2 aromatic carbocycles. The molecule has 0 aliphatic rings. The summed E-state index contributed by atoms with van der Waals surface area (Å²) in [6.45, 7) is 0.290. The van der Waals surface area contributed by atoms with Gasteiger partial charge in [0.2, 0.25) is 11.8 Å². The molecule has 0 radical (unpaired) electrons. The van der Waals surface area contributed by atoms with Crippen molar-refractivity contribution in [3.05, 3.63) is 60.7 Å². The van der Waals surface area contributed by atoms with Crippen molar-refractivity contribution in [2.24, 2.45) is 0 Å². The Morgan fingerprint density at radius 2 is 1.00 bits per heavy atom. The van der Waals surface area contributed by atoms with Crippen LogP contribution in [0, 0.1) is 0 Å². The molecule has 2 aromatic rings. The van der Waals surface area contributed by atoms with Crippen molar-refractivity contribution in [3.63, 3.8) is 0 Å². The van der Waals surface area contributed by atoms with Gasteiger partial charge in [-0.05, 0) is 37.1 Å². The Balaban J connectivity index is 1.84. The summed E-state index contributed by atoms with van der Waals surface area (Å²) >= 11 is 0. The minimum absolute atomic E-state index is 0.0667. The summed E-state index contributed by atoms with van der Waals surface area (Å²) in [5.41, 5.74) is 1.52. The molecule has 0 unspecified atom stereocenters. The highest BCUT2D eigenvalue weighted by molar-refractivity contribution is 5.94. The Kier molecular flexibility index (Phi) is 9.18. The molecule has 0 heterocycles. The summed E-state index contributed by atoms with van der Waals surface area (Å²) < 4.78 is 0. The predicted octanol–water partition coefficient (Wildman–Crippen LogP) is 2.60. The average Bonchev–Trinajstić information content (AvgIpc) is 2.74. The largest absolute Gasteiger partial charge is 0.395 e. The van der Waals surface area contributed by atoms with Crippen LogP contribution in [0.2, 0.25) is 0 Å². The van der Waals surface area contributed by atoms with E-state index >= 15 is 0 Å². The topological polar surface area (TPSA) is 81.1 Å². The second kappa shape index (κ2) is 11.9. The van der Waals surface area contributed by atoms with Crippen LogP contribution in [0.1, 0.15) is 25.7 Å². The summed E-state index contributed by atoms with van der Waals surface area (Å²) in [5, 5.41) is 18.5. The number of carbonyl (C=O) groups excluding carboxylic acids is 2. The Morgan fingerprint density at radius 3 is 1.32 bits per heavy atom. The maximum atomic E-state index is 12.5. The van der Waals surface area contributed by atoms with Gasteiger partial charge in [0.15, 0.2) is 0 Å². The van der Waals surface area contributed by atoms with Crippen LogP contribution in [-0.4, -0.2) is 48.3 Å². The number of nitrogens with zero attached hydrogens (tertiary/aromatic N) is 2. The number of carbonyl (C=O) groups is 2. The van der Waals surface area contributed by atoms with Gasteiger partial charge in [0, 0.05) is 37.3 Å². The molecule has 2 rings (SSSR count). The molecule has 0 atom stereocenters. The molecule has 0 aromatic heterocycles. The van der Waals surface area contributed by atoms with Crippen LogP contribution in [0.4, 0.5) is 11.4 Å². The maximum absolute atomic E-state index is 12.5. The van der Waals surface area contributed by atoms with E-state index in [0.717, 1.165) is 11.4 Å². The molecule has 0 saturated carbocycles.